The van der Waals surface area contributed by atoms with Crippen molar-refractivity contribution in [2.75, 3.05) is 24.7 Å². The highest BCUT2D eigenvalue weighted by Gasteiger charge is 2.15. The van der Waals surface area contributed by atoms with Gasteiger partial charge in [-0.05, 0) is 0 Å². The number of hydrogen-bond acceptors (Lipinski definition) is 7. The van der Waals surface area contributed by atoms with Crippen LogP contribution in [0.15, 0.2) is 24.0 Å². The number of thiazole rings is 1. The molecule has 0 saturated heterocycles. The molecule has 0 saturated carbocycles. The third-order valence-electron chi connectivity index (χ3n) is 2.88. The molecule has 0 radical (unpaired) electrons. The Morgan fingerprint density at radius 3 is 2.95 bits per heavy atom. The van der Waals surface area contributed by atoms with E-state index >= 15 is 0 Å². The van der Waals surface area contributed by atoms with E-state index in [1.807, 2.05) is 13.1 Å². The third kappa shape index (κ3) is 2.38. The number of hydrogen-bond donors (Lipinski definition) is 3. The number of fused-ring (bicyclic) bond motifs is 1. The maximum atomic E-state index is 11.7. The minimum absolute atomic E-state index is 0.240. The second-order valence-corrected chi connectivity index (χ2v) is 4.98. The van der Waals surface area contributed by atoms with Gasteiger partial charge in [-0.2, -0.15) is 0 Å². The van der Waals surface area contributed by atoms with Crippen LogP contribution in [0, 0.1) is 0 Å². The second-order valence-electron chi connectivity index (χ2n) is 4.12. The van der Waals surface area contributed by atoms with Crippen molar-refractivity contribution in [1.82, 2.24) is 24.9 Å². The molecule has 3 aromatic heterocycles. The van der Waals surface area contributed by atoms with Crippen LogP contribution in [-0.2, 0) is 0 Å². The summed E-state index contributed by atoms with van der Waals surface area (Å²) in [6, 6.07) is 1.83. The van der Waals surface area contributed by atoms with E-state index in [1.54, 1.807) is 29.5 Å². The number of amides is 1. The van der Waals surface area contributed by atoms with Gasteiger partial charge >= 0.3 is 0 Å². The highest BCUT2D eigenvalue weighted by Crippen LogP contribution is 2.26. The Morgan fingerprint density at radius 2 is 2.19 bits per heavy atom. The van der Waals surface area contributed by atoms with Crippen molar-refractivity contribution in [2.24, 2.45) is 0 Å². The zero-order valence-corrected chi connectivity index (χ0v) is 12.2. The van der Waals surface area contributed by atoms with E-state index < -0.39 is 0 Å². The fraction of sp³-hybridized carbons (Fsp3) is 0.167. The van der Waals surface area contributed by atoms with Crippen molar-refractivity contribution < 1.29 is 4.79 Å². The van der Waals surface area contributed by atoms with Crippen LogP contribution in [-0.4, -0.2) is 39.6 Å². The van der Waals surface area contributed by atoms with Crippen molar-refractivity contribution in [3.05, 3.63) is 29.7 Å². The van der Waals surface area contributed by atoms with Crippen molar-refractivity contribution >= 4 is 39.4 Å². The van der Waals surface area contributed by atoms with Gasteiger partial charge in [0.2, 0.25) is 0 Å². The van der Waals surface area contributed by atoms with Crippen LogP contribution in [0.4, 0.5) is 16.5 Å². The van der Waals surface area contributed by atoms with Crippen LogP contribution in [0.5, 0.6) is 0 Å². The summed E-state index contributed by atoms with van der Waals surface area (Å²) < 4.78 is 1.66. The van der Waals surface area contributed by atoms with Crippen LogP contribution in [0.3, 0.4) is 0 Å². The summed E-state index contributed by atoms with van der Waals surface area (Å²) in [6.45, 7) is 0. The molecule has 0 atom stereocenters. The minimum atomic E-state index is -0.240. The SMILES string of the molecule is CNC(=O)c1ncsc1Nc1cc(NC)c2nccn2n1. The Labute approximate surface area is 124 Å². The number of carbonyl (C=O) groups excluding carboxylic acids is 1. The molecule has 21 heavy (non-hydrogen) atoms. The molecule has 0 aromatic carbocycles. The van der Waals surface area contributed by atoms with Crippen molar-refractivity contribution in [3.63, 3.8) is 0 Å². The maximum Gasteiger partial charge on any atom is 0.272 e. The molecular formula is C12H13N7OS. The summed E-state index contributed by atoms with van der Waals surface area (Å²) in [5.41, 5.74) is 3.53. The van der Waals surface area contributed by atoms with Crippen LogP contribution in [0.2, 0.25) is 0 Å². The van der Waals surface area contributed by atoms with Crippen molar-refractivity contribution in [3.8, 4) is 0 Å². The van der Waals surface area contributed by atoms with E-state index in [9.17, 15) is 4.79 Å². The van der Waals surface area contributed by atoms with E-state index in [0.29, 0.717) is 16.5 Å². The summed E-state index contributed by atoms with van der Waals surface area (Å²) in [6.07, 6.45) is 3.43. The lowest BCUT2D eigenvalue weighted by atomic mass is 10.4. The molecule has 9 heteroatoms. The van der Waals surface area contributed by atoms with Gasteiger partial charge in [-0.25, -0.2) is 14.5 Å². The highest BCUT2D eigenvalue weighted by molar-refractivity contribution is 7.14. The van der Waals surface area contributed by atoms with Gasteiger partial charge in [0.1, 0.15) is 5.00 Å². The molecule has 3 rings (SSSR count). The molecule has 0 spiro atoms. The highest BCUT2D eigenvalue weighted by atomic mass is 32.1. The Kier molecular flexibility index (Phi) is 3.40. The van der Waals surface area contributed by atoms with Crippen LogP contribution < -0.4 is 16.0 Å². The molecule has 0 bridgehead atoms. The molecule has 3 N–H and O–H groups in total. The van der Waals surface area contributed by atoms with E-state index in [-0.39, 0.29) is 5.91 Å². The predicted octanol–water partition coefficient (Wildman–Crippen LogP) is 1.33. The van der Waals surface area contributed by atoms with Crippen molar-refractivity contribution in [1.29, 1.82) is 0 Å². The van der Waals surface area contributed by atoms with E-state index in [1.165, 1.54) is 11.3 Å². The number of anilines is 3. The third-order valence-corrected chi connectivity index (χ3v) is 3.62. The van der Waals surface area contributed by atoms with Crippen molar-refractivity contribution in [2.45, 2.75) is 0 Å². The molecule has 0 unspecified atom stereocenters. The van der Waals surface area contributed by atoms with E-state index in [4.69, 9.17) is 0 Å². The Bertz CT molecular complexity index is 794. The van der Waals surface area contributed by atoms with Gasteiger partial charge < -0.3 is 16.0 Å². The fourth-order valence-corrected chi connectivity index (χ4v) is 2.58. The predicted molar refractivity (Wildman–Crippen MR) is 81.3 cm³/mol. The van der Waals surface area contributed by atoms with E-state index in [0.717, 1.165) is 11.3 Å². The topological polar surface area (TPSA) is 96.2 Å². The first-order valence-corrected chi connectivity index (χ1v) is 7.05. The van der Waals surface area contributed by atoms with Crippen LogP contribution >= 0.6 is 11.3 Å². The smallest absolute Gasteiger partial charge is 0.272 e. The molecule has 108 valence electrons. The molecule has 3 heterocycles. The Balaban J connectivity index is 1.98. The van der Waals surface area contributed by atoms with Gasteiger partial charge in [-0.15, -0.1) is 16.4 Å². The monoisotopic (exact) mass is 303 g/mol. The quantitative estimate of drug-likeness (QED) is 0.673. The minimum Gasteiger partial charge on any atom is -0.385 e. The summed E-state index contributed by atoms with van der Waals surface area (Å²) in [5, 5.41) is 13.8. The number of rotatable bonds is 4. The van der Waals surface area contributed by atoms with Gasteiger partial charge in [-0.1, -0.05) is 0 Å². The summed E-state index contributed by atoms with van der Waals surface area (Å²) >= 11 is 1.34. The van der Waals surface area contributed by atoms with Crippen LogP contribution in [0.1, 0.15) is 10.5 Å². The number of nitrogens with zero attached hydrogens (tertiary/aromatic N) is 4. The van der Waals surface area contributed by atoms with Gasteiger partial charge in [-0.3, -0.25) is 4.79 Å². The largest absolute Gasteiger partial charge is 0.385 e. The van der Waals surface area contributed by atoms with Crippen LogP contribution in [0.25, 0.3) is 5.65 Å². The summed E-state index contributed by atoms with van der Waals surface area (Å²) in [5.74, 6) is 0.357. The molecule has 0 fully saturated rings. The first kappa shape index (κ1) is 13.3. The zero-order chi connectivity index (χ0) is 14.8. The average molecular weight is 303 g/mol. The van der Waals surface area contributed by atoms with Gasteiger partial charge in [0.25, 0.3) is 5.91 Å². The number of carbonyl (C=O) groups is 1. The second kappa shape index (κ2) is 5.37. The first-order chi connectivity index (χ1) is 10.2. The first-order valence-electron chi connectivity index (χ1n) is 6.17. The normalized spacial score (nSPS) is 10.6. The lowest BCUT2D eigenvalue weighted by Gasteiger charge is -2.08. The standard InChI is InChI=1S/C12H13N7OS/c1-13-7-5-8(18-19-4-3-15-10(7)19)17-12-9(11(20)14-2)16-6-21-12/h3-6,13H,1-2H3,(H,14,20)(H,17,18). The molecule has 8 nitrogen and oxygen atoms in total. The maximum absolute atomic E-state index is 11.7. The van der Waals surface area contributed by atoms with E-state index in [2.05, 4.69) is 31.0 Å². The molecule has 1 amide bonds. The lowest BCUT2D eigenvalue weighted by molar-refractivity contribution is 0.0959. The molecule has 0 aliphatic carbocycles. The van der Waals surface area contributed by atoms with Gasteiger partial charge in [0.15, 0.2) is 17.2 Å². The zero-order valence-electron chi connectivity index (χ0n) is 11.4. The lowest BCUT2D eigenvalue weighted by Crippen LogP contribution is -2.19. The number of aromatic nitrogens is 4. The summed E-state index contributed by atoms with van der Waals surface area (Å²) in [4.78, 5) is 20.0. The number of imidazole rings is 1. The Morgan fingerprint density at radius 1 is 1.33 bits per heavy atom. The molecule has 3 aromatic rings. The van der Waals surface area contributed by atoms with Gasteiger partial charge in [0.05, 0.1) is 11.2 Å². The fourth-order valence-electron chi connectivity index (χ4n) is 1.89. The molecule has 0 aliphatic rings. The summed E-state index contributed by atoms with van der Waals surface area (Å²) in [7, 11) is 3.39. The molecule has 0 aliphatic heterocycles. The average Bonchev–Trinajstić information content (AvgIpc) is 3.14. The number of nitrogens with one attached hydrogen (secondary N) is 3. The van der Waals surface area contributed by atoms with Gasteiger partial charge in [0, 0.05) is 32.6 Å². The Hall–Kier alpha value is -2.68. The molecular weight excluding hydrogens is 290 g/mol.